The minimum atomic E-state index is -2.44. The molecule has 15 atom stereocenters. The van der Waals surface area contributed by atoms with Gasteiger partial charge in [0.2, 0.25) is 0 Å². The van der Waals surface area contributed by atoms with Crippen molar-refractivity contribution in [3.63, 3.8) is 0 Å². The summed E-state index contributed by atoms with van der Waals surface area (Å²) in [4.78, 5) is 116. The van der Waals surface area contributed by atoms with E-state index in [1.54, 1.807) is 0 Å². The van der Waals surface area contributed by atoms with Gasteiger partial charge in [0.15, 0.2) is 18.9 Å². The van der Waals surface area contributed by atoms with Crippen molar-refractivity contribution in [2.24, 2.45) is 0 Å². The maximum absolute atomic E-state index is 12.0. The molecule has 0 unspecified atom stereocenters. The second kappa shape index (κ2) is 56.3. The van der Waals surface area contributed by atoms with Crippen molar-refractivity contribution in [3.8, 4) is 0 Å². The molecule has 0 aromatic carbocycles. The van der Waals surface area contributed by atoms with Crippen LogP contribution in [-0.2, 0) is 119 Å². The third-order valence-corrected chi connectivity index (χ3v) is 9.64. The van der Waals surface area contributed by atoms with E-state index in [9.17, 15) is 104 Å². The molecule has 420 valence electrons. The zero-order valence-electron chi connectivity index (χ0n) is 47.6. The zero-order chi connectivity index (χ0) is 55.2. The number of aliphatic carboxylic acids is 10. The Kier molecular flexibility index (Phi) is 69.7. The van der Waals surface area contributed by atoms with Gasteiger partial charge in [0, 0.05) is 0 Å². The number of carbonyl (C=O) groups excluding carboxylic acids is 10. The van der Waals surface area contributed by atoms with E-state index in [4.69, 9.17) is 71.1 Å². The maximum Gasteiger partial charge on any atom is 1.00 e. The Balaban J connectivity index is -0.000000963. The summed E-state index contributed by atoms with van der Waals surface area (Å²) in [6.07, 6.45) is -33.0. The van der Waals surface area contributed by atoms with Gasteiger partial charge < -0.3 is 175 Å². The Morgan fingerprint density at radius 2 is 0.476 bits per heavy atom. The fourth-order valence-corrected chi connectivity index (χ4v) is 7.14. The van der Waals surface area contributed by atoms with Crippen molar-refractivity contribution in [3.05, 3.63) is 0 Å². The van der Waals surface area contributed by atoms with Gasteiger partial charge in [0.25, 0.3) is 0 Å². The van der Waals surface area contributed by atoms with Crippen molar-refractivity contribution >= 4 is 59.7 Å². The smallest absolute Gasteiger partial charge is 0.548 e. The number of rotatable bonds is 37. The SMILES string of the molecule is O=C([O-])COC[C@H]1O[C@H](O)[C@H](OCC(=O)[O-])[C@@H](OCC(=O)[O-])[C@@H]1O[C@H]1O[C@H](COCC(=O)[O-])[C@@H](O[C@H]2O[C@H](COCC(=O)[O-])[C@@H](OCC(=O)[O-])[C@H](OCC(=O)[O-])[C@H]2OCC(=O)[O-])[C@H](OCC(=O)[O-])[C@H]1OCC(=O)[O-].[Na+].[Na+].[Na+].[Na+].[Na+].[Na+].[Na+].[Na+].[Na+].[Na+]. The molecule has 0 aliphatic carbocycles. The first kappa shape index (κ1) is 104. The largest absolute Gasteiger partial charge is 1.00 e. The Bertz CT molecular complexity index is 1950. The van der Waals surface area contributed by atoms with Crippen molar-refractivity contribution in [2.75, 3.05) is 85.9 Å². The van der Waals surface area contributed by atoms with Gasteiger partial charge in [-0.25, -0.2) is 0 Å². The van der Waals surface area contributed by atoms with Crippen molar-refractivity contribution in [1.29, 1.82) is 0 Å². The number of aliphatic hydroxyl groups is 1. The van der Waals surface area contributed by atoms with Crippen LogP contribution in [0.2, 0.25) is 0 Å². The Labute approximate surface area is 696 Å². The summed E-state index contributed by atoms with van der Waals surface area (Å²) in [5, 5.41) is 127. The van der Waals surface area contributed by atoms with Gasteiger partial charge in [0.05, 0.1) is 146 Å². The van der Waals surface area contributed by atoms with Crippen molar-refractivity contribution < 1.29 is 471 Å². The predicted molar refractivity (Wildman–Crippen MR) is 189 cm³/mol. The molecule has 0 aromatic heterocycles. The van der Waals surface area contributed by atoms with Crippen molar-refractivity contribution in [1.82, 2.24) is 0 Å². The summed E-state index contributed by atoms with van der Waals surface area (Å²) in [5.41, 5.74) is 0. The van der Waals surface area contributed by atoms with Crippen LogP contribution >= 0.6 is 0 Å². The maximum atomic E-state index is 12.0. The van der Waals surface area contributed by atoms with E-state index in [1.165, 1.54) is 0 Å². The first-order chi connectivity index (χ1) is 34.9. The molecule has 0 saturated carbocycles. The predicted octanol–water partition coefficient (Wildman–Crippen LogP) is -49.8. The number of hydrogen-bond acceptors (Lipinski definition) is 36. The second-order valence-electron chi connectivity index (χ2n) is 15.0. The summed E-state index contributed by atoms with van der Waals surface area (Å²) in [5.74, 6) is -19.6. The number of hydrogen-bond donors (Lipinski definition) is 1. The normalized spacial score (nSPS) is 26.4. The van der Waals surface area contributed by atoms with Gasteiger partial charge in [-0.05, 0) is 0 Å². The Morgan fingerprint density at radius 3 is 0.750 bits per heavy atom. The summed E-state index contributed by atoms with van der Waals surface area (Å²) in [7, 11) is 0. The molecule has 84 heavy (non-hydrogen) atoms. The van der Waals surface area contributed by atoms with E-state index < -0.39 is 238 Å². The van der Waals surface area contributed by atoms with E-state index in [2.05, 4.69) is 0 Å². The van der Waals surface area contributed by atoms with E-state index in [0.29, 0.717) is 0 Å². The Hall–Kier alpha value is 4.06. The van der Waals surface area contributed by atoms with Crippen LogP contribution in [0.25, 0.3) is 0 Å². The van der Waals surface area contributed by atoms with Crippen LogP contribution in [0.5, 0.6) is 0 Å². The molecule has 0 aromatic rings. The monoisotopic (exact) mass is 1300 g/mol. The van der Waals surface area contributed by atoms with E-state index in [-0.39, 0.29) is 296 Å². The number of aliphatic hydroxyl groups excluding tert-OH is 1. The average Bonchev–Trinajstić information content (AvgIpc) is 3.28. The molecule has 1 N–H and O–H groups in total. The van der Waals surface area contributed by atoms with Crippen LogP contribution in [0.15, 0.2) is 0 Å². The first-order valence-corrected chi connectivity index (χ1v) is 20.9. The van der Waals surface area contributed by atoms with Crippen LogP contribution in [0, 0.1) is 0 Å². The molecule has 0 amide bonds. The third-order valence-electron chi connectivity index (χ3n) is 9.64. The van der Waals surface area contributed by atoms with Crippen LogP contribution < -0.4 is 347 Å². The molecule has 3 rings (SSSR count). The molecular formula is C38H42Na10O36. The van der Waals surface area contributed by atoms with Gasteiger partial charge in [0.1, 0.15) is 73.2 Å². The molecule has 3 heterocycles. The van der Waals surface area contributed by atoms with E-state index >= 15 is 0 Å². The number of carboxylic acid groups (broad SMARTS) is 10. The second-order valence-corrected chi connectivity index (χ2v) is 15.0. The Morgan fingerprint density at radius 1 is 0.274 bits per heavy atom. The van der Waals surface area contributed by atoms with Crippen LogP contribution in [-0.4, -0.2) is 243 Å². The van der Waals surface area contributed by atoms with Gasteiger partial charge >= 0.3 is 296 Å². The van der Waals surface area contributed by atoms with Crippen LogP contribution in [0.1, 0.15) is 0 Å². The molecule has 3 saturated heterocycles. The van der Waals surface area contributed by atoms with Gasteiger partial charge in [-0.3, -0.25) is 0 Å². The van der Waals surface area contributed by atoms with E-state index in [1.807, 2.05) is 0 Å². The summed E-state index contributed by atoms with van der Waals surface area (Å²) >= 11 is 0. The molecule has 46 heteroatoms. The molecular weight excluding hydrogens is 1260 g/mol. The minimum absolute atomic E-state index is 0. The molecule has 0 spiro atoms. The zero-order valence-corrected chi connectivity index (χ0v) is 67.6. The van der Waals surface area contributed by atoms with Gasteiger partial charge in [-0.15, -0.1) is 0 Å². The van der Waals surface area contributed by atoms with Crippen LogP contribution in [0.4, 0.5) is 0 Å². The quantitative estimate of drug-likeness (QED) is 0.0564. The van der Waals surface area contributed by atoms with Gasteiger partial charge in [-0.2, -0.15) is 0 Å². The summed E-state index contributed by atoms with van der Waals surface area (Å²) in [6, 6.07) is 0. The fraction of sp³-hybridized carbons (Fsp3) is 0.737. The number of carbonyl (C=O) groups is 10. The summed E-state index contributed by atoms with van der Waals surface area (Å²) in [6.45, 7) is -17.2. The van der Waals surface area contributed by atoms with Gasteiger partial charge in [-0.1, -0.05) is 0 Å². The summed E-state index contributed by atoms with van der Waals surface area (Å²) < 4.78 is 82.0. The fourth-order valence-electron chi connectivity index (χ4n) is 7.14. The minimum Gasteiger partial charge on any atom is -0.548 e. The molecule has 36 nitrogen and oxygen atoms in total. The van der Waals surface area contributed by atoms with E-state index in [0.717, 1.165) is 0 Å². The standard InChI is InChI=1S/C38H52O36.10Na/c39-17(40)4-60-1-14-27(63-7-20(45)46)30(64-8-21(47)48)34(68-12-25(55)56)37(71-14)74-29-16(3-62-6-19(43)44)72-38(35(69-13-26(57)58)32(29)66-10-23(51)52)73-28-15(2-61-5-18(41)42)70-36(59)33(67-11-24(53)54)31(28)65-9-22(49)50;;;;;;;;;;/h14-16,27-38,59H,1-13H2,(H,39,40)(H,41,42)(H,43,44)(H,45,46)(H,47,48)(H,49,50)(H,51,52)(H,53,54)(H,55,56)(H,57,58);;;;;;;;;;/q;10*+1/p-10/t14-,15-,16-,27-,28-,29-,30+,31+,32+,33-,34-,35-,36+,37-,38-;;;;;;;;;;/m1........../s1. The molecule has 0 bridgehead atoms. The topological polar surface area (TPSA) is 560 Å². The molecule has 3 aliphatic rings. The average molecular weight is 1300 g/mol. The van der Waals surface area contributed by atoms with Crippen LogP contribution in [0.3, 0.4) is 0 Å². The van der Waals surface area contributed by atoms with Crippen molar-refractivity contribution in [2.45, 2.75) is 92.1 Å². The molecule has 3 aliphatic heterocycles. The first-order valence-electron chi connectivity index (χ1n) is 20.9. The molecule has 3 fully saturated rings. The number of ether oxygens (including phenoxy) is 15. The number of carboxylic acids is 10. The third kappa shape index (κ3) is 39.8. The molecule has 0 radical (unpaired) electrons.